The average molecular weight is 407 g/mol. The molecular formula is C23H18O3S2. The zero-order valence-electron chi connectivity index (χ0n) is 15.4. The predicted molar refractivity (Wildman–Crippen MR) is 117 cm³/mol. The van der Waals surface area contributed by atoms with Gasteiger partial charge in [-0.15, -0.1) is 23.1 Å². The first-order chi connectivity index (χ1) is 13.6. The van der Waals surface area contributed by atoms with Gasteiger partial charge >= 0.3 is 0 Å². The fourth-order valence-corrected chi connectivity index (χ4v) is 4.77. The Morgan fingerprint density at radius 1 is 1.00 bits per heavy atom. The molecule has 1 heterocycles. The average Bonchev–Trinajstić information content (AvgIpc) is 3.12. The number of methoxy groups -OCH3 is 1. The summed E-state index contributed by atoms with van der Waals surface area (Å²) in [5, 5.41) is 10.5. The Hall–Kier alpha value is -2.76. The Kier molecular flexibility index (Phi) is 5.11. The summed E-state index contributed by atoms with van der Waals surface area (Å²) < 4.78 is 6.36. The highest BCUT2D eigenvalue weighted by atomic mass is 32.2. The minimum atomic E-state index is -0.0552. The number of phenolic OH excluding ortho intramolecular Hbond substituents is 1. The van der Waals surface area contributed by atoms with Gasteiger partial charge in [0.15, 0.2) is 5.78 Å². The van der Waals surface area contributed by atoms with Gasteiger partial charge in [0.05, 0.1) is 7.11 Å². The van der Waals surface area contributed by atoms with Crippen LogP contribution < -0.4 is 4.74 Å². The zero-order chi connectivity index (χ0) is 19.7. The largest absolute Gasteiger partial charge is 0.508 e. The summed E-state index contributed by atoms with van der Waals surface area (Å²) in [5.74, 6) is 0.853. The van der Waals surface area contributed by atoms with Crippen LogP contribution in [0.15, 0.2) is 71.6 Å². The SMILES string of the molecule is COc1ccc2c(C(=O)c3ccc(O)cc3)c(-c3ccc(SC)cc3)sc2c1. The van der Waals surface area contributed by atoms with Gasteiger partial charge in [0.25, 0.3) is 0 Å². The van der Waals surface area contributed by atoms with Crippen LogP contribution in [0, 0.1) is 0 Å². The van der Waals surface area contributed by atoms with E-state index in [0.29, 0.717) is 11.1 Å². The van der Waals surface area contributed by atoms with E-state index in [9.17, 15) is 9.90 Å². The van der Waals surface area contributed by atoms with E-state index in [1.807, 2.05) is 24.5 Å². The van der Waals surface area contributed by atoms with Crippen molar-refractivity contribution < 1.29 is 14.6 Å². The van der Waals surface area contributed by atoms with Crippen LogP contribution >= 0.6 is 23.1 Å². The molecule has 0 amide bonds. The van der Waals surface area contributed by atoms with Crippen molar-refractivity contribution >= 4 is 39.0 Å². The second-order valence-electron chi connectivity index (χ2n) is 6.27. The van der Waals surface area contributed by atoms with Crippen LogP contribution in [0.2, 0.25) is 0 Å². The van der Waals surface area contributed by atoms with E-state index in [-0.39, 0.29) is 11.5 Å². The number of thioether (sulfide) groups is 1. The molecule has 0 fully saturated rings. The lowest BCUT2D eigenvalue weighted by atomic mass is 9.97. The van der Waals surface area contributed by atoms with Crippen LogP contribution in [0.5, 0.6) is 11.5 Å². The molecule has 0 saturated heterocycles. The fraction of sp³-hybridized carbons (Fsp3) is 0.0870. The van der Waals surface area contributed by atoms with E-state index in [1.54, 1.807) is 42.3 Å². The lowest BCUT2D eigenvalue weighted by Gasteiger charge is -2.06. The van der Waals surface area contributed by atoms with Crippen LogP contribution in [0.25, 0.3) is 20.5 Å². The summed E-state index contributed by atoms with van der Waals surface area (Å²) in [6, 6.07) is 20.4. The van der Waals surface area contributed by atoms with Crippen molar-refractivity contribution in [3.05, 3.63) is 77.9 Å². The maximum Gasteiger partial charge on any atom is 0.195 e. The van der Waals surface area contributed by atoms with Gasteiger partial charge in [-0.3, -0.25) is 4.79 Å². The second kappa shape index (κ2) is 7.70. The lowest BCUT2D eigenvalue weighted by molar-refractivity contribution is 0.104. The summed E-state index contributed by atoms with van der Waals surface area (Å²) in [5.41, 5.74) is 2.25. The molecule has 28 heavy (non-hydrogen) atoms. The van der Waals surface area contributed by atoms with Gasteiger partial charge in [0, 0.05) is 31.0 Å². The van der Waals surface area contributed by atoms with Crippen LogP contribution in [-0.4, -0.2) is 24.3 Å². The van der Waals surface area contributed by atoms with Crippen molar-refractivity contribution in [3.63, 3.8) is 0 Å². The normalized spacial score (nSPS) is 10.9. The number of thiophene rings is 1. The minimum absolute atomic E-state index is 0.0552. The minimum Gasteiger partial charge on any atom is -0.508 e. The second-order valence-corrected chi connectivity index (χ2v) is 8.20. The van der Waals surface area contributed by atoms with Gasteiger partial charge < -0.3 is 9.84 Å². The van der Waals surface area contributed by atoms with E-state index in [0.717, 1.165) is 26.3 Å². The molecule has 4 aromatic rings. The molecule has 0 aliphatic rings. The summed E-state index contributed by atoms with van der Waals surface area (Å²) >= 11 is 3.28. The predicted octanol–water partition coefficient (Wildman–Crippen LogP) is 6.24. The molecule has 1 aromatic heterocycles. The maximum atomic E-state index is 13.4. The topological polar surface area (TPSA) is 46.5 Å². The van der Waals surface area contributed by atoms with Crippen molar-refractivity contribution in [2.24, 2.45) is 0 Å². The Morgan fingerprint density at radius 3 is 2.36 bits per heavy atom. The third kappa shape index (κ3) is 3.39. The Balaban J connectivity index is 1.92. The summed E-state index contributed by atoms with van der Waals surface area (Å²) in [4.78, 5) is 15.5. The Labute approximate surface area is 171 Å². The number of rotatable bonds is 5. The number of ether oxygens (including phenoxy) is 1. The molecule has 0 saturated carbocycles. The van der Waals surface area contributed by atoms with Crippen LogP contribution in [0.4, 0.5) is 0 Å². The highest BCUT2D eigenvalue weighted by Crippen LogP contribution is 2.41. The van der Waals surface area contributed by atoms with Crippen molar-refractivity contribution in [2.45, 2.75) is 4.90 Å². The zero-order valence-corrected chi connectivity index (χ0v) is 17.1. The molecule has 5 heteroatoms. The van der Waals surface area contributed by atoms with Gasteiger partial charge in [0.1, 0.15) is 11.5 Å². The van der Waals surface area contributed by atoms with E-state index < -0.39 is 0 Å². The molecule has 3 aromatic carbocycles. The first-order valence-corrected chi connectivity index (χ1v) is 10.7. The van der Waals surface area contributed by atoms with E-state index in [1.165, 1.54) is 17.0 Å². The highest BCUT2D eigenvalue weighted by molar-refractivity contribution is 7.98. The van der Waals surface area contributed by atoms with Crippen LogP contribution in [-0.2, 0) is 0 Å². The van der Waals surface area contributed by atoms with E-state index in [2.05, 4.69) is 24.3 Å². The molecular weight excluding hydrogens is 388 g/mol. The van der Waals surface area contributed by atoms with Crippen LogP contribution in [0.1, 0.15) is 15.9 Å². The Morgan fingerprint density at radius 2 is 1.71 bits per heavy atom. The number of carbonyl (C=O) groups excluding carboxylic acids is 1. The van der Waals surface area contributed by atoms with Crippen LogP contribution in [0.3, 0.4) is 0 Å². The lowest BCUT2D eigenvalue weighted by Crippen LogP contribution is -2.01. The smallest absolute Gasteiger partial charge is 0.195 e. The molecule has 0 atom stereocenters. The molecule has 0 radical (unpaired) electrons. The van der Waals surface area contributed by atoms with E-state index in [4.69, 9.17) is 4.74 Å². The maximum absolute atomic E-state index is 13.4. The number of fused-ring (bicyclic) bond motifs is 1. The third-order valence-electron chi connectivity index (χ3n) is 4.61. The van der Waals surface area contributed by atoms with E-state index >= 15 is 0 Å². The van der Waals surface area contributed by atoms with Gasteiger partial charge in [-0.1, -0.05) is 12.1 Å². The quantitative estimate of drug-likeness (QED) is 0.315. The summed E-state index contributed by atoms with van der Waals surface area (Å²) in [6.07, 6.45) is 2.04. The van der Waals surface area contributed by atoms with Gasteiger partial charge in [0.2, 0.25) is 0 Å². The first kappa shape index (κ1) is 18.6. The first-order valence-electron chi connectivity index (χ1n) is 8.69. The van der Waals surface area contributed by atoms with Crippen molar-refractivity contribution in [2.75, 3.05) is 13.4 Å². The molecule has 4 rings (SSSR count). The van der Waals surface area contributed by atoms with Gasteiger partial charge in [-0.2, -0.15) is 0 Å². The molecule has 0 aliphatic carbocycles. The number of ketones is 1. The number of aromatic hydroxyl groups is 1. The third-order valence-corrected chi connectivity index (χ3v) is 6.55. The van der Waals surface area contributed by atoms with Gasteiger partial charge in [-0.25, -0.2) is 0 Å². The van der Waals surface area contributed by atoms with Crippen molar-refractivity contribution in [1.82, 2.24) is 0 Å². The molecule has 3 nitrogen and oxygen atoms in total. The highest BCUT2D eigenvalue weighted by Gasteiger charge is 2.22. The summed E-state index contributed by atoms with van der Waals surface area (Å²) in [7, 11) is 1.64. The Bertz CT molecular complexity index is 1140. The molecule has 0 unspecified atom stereocenters. The van der Waals surface area contributed by atoms with Crippen molar-refractivity contribution in [1.29, 1.82) is 0 Å². The number of carbonyl (C=O) groups is 1. The number of hydrogen-bond donors (Lipinski definition) is 1. The molecule has 0 spiro atoms. The standard InChI is InChI=1S/C23H18O3S2/c1-26-17-9-12-19-20(13-17)28-23(15-5-10-18(27-2)11-6-15)21(19)22(25)14-3-7-16(24)8-4-14/h3-13,24H,1-2H3. The number of benzene rings is 3. The van der Waals surface area contributed by atoms with Gasteiger partial charge in [-0.05, 0) is 66.4 Å². The molecule has 140 valence electrons. The monoisotopic (exact) mass is 406 g/mol. The fourth-order valence-electron chi connectivity index (χ4n) is 3.13. The molecule has 0 aliphatic heterocycles. The molecule has 0 bridgehead atoms. The molecule has 1 N–H and O–H groups in total. The summed E-state index contributed by atoms with van der Waals surface area (Å²) in [6.45, 7) is 0. The van der Waals surface area contributed by atoms with Crippen molar-refractivity contribution in [3.8, 4) is 21.9 Å². The number of hydrogen-bond acceptors (Lipinski definition) is 5. The number of phenols is 1.